The SMILES string of the molecule is Cc1sccc1-c1c(C2CC2)nn2c1-c1cc(=O)c(C(=O)O)cn1[C@H](C(C)(C)C)C2. The maximum absolute atomic E-state index is 12.7. The van der Waals surface area contributed by atoms with Gasteiger partial charge in [-0.3, -0.25) is 9.48 Å². The second-order valence-electron chi connectivity index (χ2n) is 9.49. The summed E-state index contributed by atoms with van der Waals surface area (Å²) in [6.45, 7) is 9.18. The van der Waals surface area contributed by atoms with Crippen LogP contribution in [0.25, 0.3) is 22.5 Å². The van der Waals surface area contributed by atoms with Crippen LogP contribution in [0.5, 0.6) is 0 Å². The molecule has 2 aliphatic rings. The molecule has 5 rings (SSSR count). The number of rotatable bonds is 3. The molecule has 0 unspecified atom stereocenters. The minimum atomic E-state index is -1.19. The lowest BCUT2D eigenvalue weighted by Crippen LogP contribution is -2.35. The number of hydrogen-bond donors (Lipinski definition) is 1. The highest BCUT2D eigenvalue weighted by Gasteiger charge is 2.39. The largest absolute Gasteiger partial charge is 0.477 e. The summed E-state index contributed by atoms with van der Waals surface area (Å²) in [5, 5.41) is 16.7. The first-order chi connectivity index (χ1) is 14.2. The van der Waals surface area contributed by atoms with Crippen LogP contribution in [-0.4, -0.2) is 25.4 Å². The molecule has 0 radical (unpaired) electrons. The number of carbonyl (C=O) groups is 1. The van der Waals surface area contributed by atoms with E-state index < -0.39 is 11.4 Å². The van der Waals surface area contributed by atoms with Gasteiger partial charge in [0.25, 0.3) is 0 Å². The Balaban J connectivity index is 1.85. The summed E-state index contributed by atoms with van der Waals surface area (Å²) < 4.78 is 4.06. The normalized spacial score (nSPS) is 18.2. The number of pyridine rings is 1. The summed E-state index contributed by atoms with van der Waals surface area (Å²) in [5.74, 6) is -0.724. The Labute approximate surface area is 178 Å². The third-order valence-corrected chi connectivity index (χ3v) is 7.15. The molecule has 0 saturated heterocycles. The number of nitrogens with zero attached hydrogens (tertiary/aromatic N) is 3. The Kier molecular flexibility index (Phi) is 4.13. The molecule has 3 aromatic heterocycles. The van der Waals surface area contributed by atoms with Crippen LogP contribution in [0.1, 0.15) is 66.5 Å². The topological polar surface area (TPSA) is 77.1 Å². The van der Waals surface area contributed by atoms with Crippen molar-refractivity contribution in [1.82, 2.24) is 14.3 Å². The van der Waals surface area contributed by atoms with Gasteiger partial charge in [-0.25, -0.2) is 4.79 Å². The van der Waals surface area contributed by atoms with Crippen molar-refractivity contribution < 1.29 is 9.90 Å². The summed E-state index contributed by atoms with van der Waals surface area (Å²) in [6, 6.07) is 3.62. The van der Waals surface area contributed by atoms with Gasteiger partial charge in [-0.2, -0.15) is 5.10 Å². The zero-order valence-corrected chi connectivity index (χ0v) is 18.4. The molecule has 4 heterocycles. The molecule has 7 heteroatoms. The van der Waals surface area contributed by atoms with Crippen LogP contribution in [0.2, 0.25) is 0 Å². The Hall–Kier alpha value is -2.67. The zero-order chi connectivity index (χ0) is 21.4. The molecular weight excluding hydrogens is 398 g/mol. The van der Waals surface area contributed by atoms with Crippen molar-refractivity contribution in [2.75, 3.05) is 0 Å². The average molecular weight is 424 g/mol. The molecule has 1 atom stereocenters. The molecule has 1 aliphatic heterocycles. The molecule has 6 nitrogen and oxygen atoms in total. The molecule has 1 aliphatic carbocycles. The first kappa shape index (κ1) is 19.3. The van der Waals surface area contributed by atoms with E-state index in [9.17, 15) is 14.7 Å². The molecule has 0 aromatic carbocycles. The van der Waals surface area contributed by atoms with Crippen molar-refractivity contribution in [3.05, 3.63) is 50.1 Å². The molecule has 1 saturated carbocycles. The van der Waals surface area contributed by atoms with E-state index in [1.54, 1.807) is 11.3 Å². The van der Waals surface area contributed by atoms with Crippen molar-refractivity contribution in [1.29, 1.82) is 0 Å². The smallest absolute Gasteiger partial charge is 0.341 e. The van der Waals surface area contributed by atoms with Gasteiger partial charge in [0.05, 0.1) is 29.7 Å². The molecule has 0 spiro atoms. The quantitative estimate of drug-likeness (QED) is 0.648. The monoisotopic (exact) mass is 423 g/mol. The summed E-state index contributed by atoms with van der Waals surface area (Å²) in [5.41, 5.74) is 4.31. The second-order valence-corrected chi connectivity index (χ2v) is 10.6. The van der Waals surface area contributed by atoms with E-state index in [1.807, 2.05) is 4.57 Å². The van der Waals surface area contributed by atoms with Crippen LogP contribution in [-0.2, 0) is 6.54 Å². The molecule has 30 heavy (non-hydrogen) atoms. The van der Waals surface area contributed by atoms with Gasteiger partial charge in [0.15, 0.2) is 5.43 Å². The van der Waals surface area contributed by atoms with Crippen LogP contribution in [0, 0.1) is 12.3 Å². The van der Waals surface area contributed by atoms with Crippen molar-refractivity contribution >= 4 is 17.3 Å². The third-order valence-electron chi connectivity index (χ3n) is 6.31. The molecule has 3 aromatic rings. The van der Waals surface area contributed by atoms with Crippen molar-refractivity contribution in [3.63, 3.8) is 0 Å². The average Bonchev–Trinajstić information content (AvgIpc) is 3.31. The fourth-order valence-electron chi connectivity index (χ4n) is 4.53. The third kappa shape index (κ3) is 2.87. The molecule has 1 N–H and O–H groups in total. The highest BCUT2D eigenvalue weighted by atomic mass is 32.1. The number of thiophene rings is 1. The van der Waals surface area contributed by atoms with E-state index in [1.165, 1.54) is 22.7 Å². The predicted molar refractivity (Wildman–Crippen MR) is 117 cm³/mol. The Bertz CT molecular complexity index is 1240. The maximum Gasteiger partial charge on any atom is 0.341 e. The number of aromatic nitrogens is 3. The lowest BCUT2D eigenvalue weighted by Gasteiger charge is -2.38. The molecule has 0 amide bonds. The predicted octanol–water partition coefficient (Wildman–Crippen LogP) is 4.93. The van der Waals surface area contributed by atoms with E-state index >= 15 is 0 Å². The van der Waals surface area contributed by atoms with Crippen molar-refractivity contribution in [2.24, 2.45) is 5.41 Å². The van der Waals surface area contributed by atoms with Gasteiger partial charge < -0.3 is 9.67 Å². The van der Waals surface area contributed by atoms with E-state index in [0.717, 1.165) is 35.5 Å². The molecular formula is C23H25N3O3S. The van der Waals surface area contributed by atoms with E-state index in [2.05, 4.69) is 43.8 Å². The number of carboxylic acids is 1. The number of hydrogen-bond acceptors (Lipinski definition) is 4. The van der Waals surface area contributed by atoms with Crippen LogP contribution in [0.3, 0.4) is 0 Å². The Morgan fingerprint density at radius 2 is 2.03 bits per heavy atom. The molecule has 1 fully saturated rings. The summed E-state index contributed by atoms with van der Waals surface area (Å²) in [7, 11) is 0. The van der Waals surface area contributed by atoms with E-state index in [-0.39, 0.29) is 17.0 Å². The summed E-state index contributed by atoms with van der Waals surface area (Å²) in [4.78, 5) is 25.6. The van der Waals surface area contributed by atoms with Gasteiger partial charge in [0, 0.05) is 28.6 Å². The summed E-state index contributed by atoms with van der Waals surface area (Å²) in [6.07, 6.45) is 3.81. The first-order valence-corrected chi connectivity index (χ1v) is 11.2. The highest BCUT2D eigenvalue weighted by Crippen LogP contribution is 2.50. The van der Waals surface area contributed by atoms with Crippen LogP contribution in [0.15, 0.2) is 28.5 Å². The fraction of sp³-hybridized carbons (Fsp3) is 0.435. The van der Waals surface area contributed by atoms with Gasteiger partial charge in [-0.15, -0.1) is 11.3 Å². The number of aromatic carboxylic acids is 1. The van der Waals surface area contributed by atoms with Crippen LogP contribution < -0.4 is 5.43 Å². The minimum absolute atomic E-state index is 0.0120. The second kappa shape index (κ2) is 6.41. The van der Waals surface area contributed by atoms with Gasteiger partial charge in [0.2, 0.25) is 0 Å². The van der Waals surface area contributed by atoms with E-state index in [0.29, 0.717) is 12.5 Å². The Morgan fingerprint density at radius 3 is 2.60 bits per heavy atom. The number of aryl methyl sites for hydroxylation is 1. The number of fused-ring (bicyclic) bond motifs is 3. The fourth-order valence-corrected chi connectivity index (χ4v) is 5.23. The summed E-state index contributed by atoms with van der Waals surface area (Å²) >= 11 is 1.71. The van der Waals surface area contributed by atoms with Gasteiger partial charge >= 0.3 is 5.97 Å². The van der Waals surface area contributed by atoms with Crippen LogP contribution >= 0.6 is 11.3 Å². The number of carboxylic acid groups (broad SMARTS) is 1. The van der Waals surface area contributed by atoms with Crippen molar-refractivity contribution in [3.8, 4) is 22.5 Å². The lowest BCUT2D eigenvalue weighted by molar-refractivity contribution is 0.0693. The van der Waals surface area contributed by atoms with Gasteiger partial charge in [-0.05, 0) is 42.2 Å². The van der Waals surface area contributed by atoms with Gasteiger partial charge in [-0.1, -0.05) is 20.8 Å². The van der Waals surface area contributed by atoms with Gasteiger partial charge in [0.1, 0.15) is 5.56 Å². The maximum atomic E-state index is 12.7. The highest BCUT2D eigenvalue weighted by molar-refractivity contribution is 7.10. The van der Waals surface area contributed by atoms with Crippen LogP contribution in [0.4, 0.5) is 0 Å². The minimum Gasteiger partial charge on any atom is -0.477 e. The van der Waals surface area contributed by atoms with E-state index in [4.69, 9.17) is 5.10 Å². The molecule has 0 bridgehead atoms. The molecule has 156 valence electrons. The standard InChI is InChI=1S/C23H25N3O3S/c1-12-14(7-8-30-12)19-20(13-5-6-13)24-26-11-18(23(2,3)4)25-10-15(22(28)29)17(27)9-16(25)21(19)26/h7-10,13,18H,5-6,11H2,1-4H3,(H,28,29)/t18-/m0/s1. The Morgan fingerprint density at radius 1 is 1.30 bits per heavy atom. The first-order valence-electron chi connectivity index (χ1n) is 10.3. The van der Waals surface area contributed by atoms with Crippen molar-refractivity contribution in [2.45, 2.75) is 59.0 Å². The zero-order valence-electron chi connectivity index (χ0n) is 17.6. The lowest BCUT2D eigenvalue weighted by atomic mass is 9.84.